The summed E-state index contributed by atoms with van der Waals surface area (Å²) >= 11 is 1.46. The number of thioether (sulfide) groups is 1. The zero-order valence-corrected chi connectivity index (χ0v) is 14.2. The molecule has 7 heteroatoms. The van der Waals surface area contributed by atoms with Gasteiger partial charge in [-0.05, 0) is 35.9 Å². The minimum atomic E-state index is -4.40. The molecule has 132 valence electrons. The minimum absolute atomic E-state index is 0.216. The van der Waals surface area contributed by atoms with Gasteiger partial charge in [-0.1, -0.05) is 18.2 Å². The number of carbonyl (C=O) groups excluding carboxylic acids is 1. The summed E-state index contributed by atoms with van der Waals surface area (Å²) in [6.07, 6.45) is -4.40. The fraction of sp³-hybridized carbons (Fsp3) is 0.278. The molecule has 0 unspecified atom stereocenters. The van der Waals surface area contributed by atoms with Crippen LogP contribution in [-0.4, -0.2) is 30.2 Å². The number of methoxy groups -OCH3 is 1. The van der Waals surface area contributed by atoms with Crippen LogP contribution in [0.1, 0.15) is 26.9 Å². The second kappa shape index (κ2) is 7.00. The third-order valence-electron chi connectivity index (χ3n) is 3.97. The van der Waals surface area contributed by atoms with E-state index in [-0.39, 0.29) is 5.91 Å². The van der Waals surface area contributed by atoms with Gasteiger partial charge in [-0.3, -0.25) is 4.79 Å². The number of hydrogen-bond acceptors (Lipinski definition) is 3. The molecular weight excluding hydrogens is 351 g/mol. The first-order chi connectivity index (χ1) is 11.9. The van der Waals surface area contributed by atoms with E-state index in [4.69, 9.17) is 4.74 Å². The average Bonchev–Trinajstić information content (AvgIpc) is 3.10. The molecule has 0 aliphatic carbocycles. The predicted octanol–water partition coefficient (Wildman–Crippen LogP) is 4.60. The largest absolute Gasteiger partial charge is 0.497 e. The Labute approximate surface area is 147 Å². The monoisotopic (exact) mass is 367 g/mol. The standard InChI is InChI=1S/C18H16F3NO2S/c1-24-15-7-3-4-12(11-15)16(23)22-8-9-25-17(22)13-5-2-6-14(10-13)18(19,20)21/h2-7,10-11,17H,8-9H2,1H3/t17-/m1/s1. The fourth-order valence-electron chi connectivity index (χ4n) is 2.74. The smallest absolute Gasteiger partial charge is 0.416 e. The van der Waals surface area contributed by atoms with Gasteiger partial charge in [-0.25, -0.2) is 0 Å². The Kier molecular flexibility index (Phi) is 4.94. The molecule has 1 saturated heterocycles. The van der Waals surface area contributed by atoms with Gasteiger partial charge >= 0.3 is 6.18 Å². The van der Waals surface area contributed by atoms with Gasteiger partial charge in [0.05, 0.1) is 12.7 Å². The Morgan fingerprint density at radius 3 is 2.68 bits per heavy atom. The van der Waals surface area contributed by atoms with Crippen LogP contribution in [-0.2, 0) is 6.18 Å². The Morgan fingerprint density at radius 1 is 1.20 bits per heavy atom. The number of ether oxygens (including phenoxy) is 1. The molecule has 2 aromatic rings. The highest BCUT2D eigenvalue weighted by molar-refractivity contribution is 7.99. The molecule has 2 aromatic carbocycles. The molecule has 0 radical (unpaired) electrons. The molecule has 1 amide bonds. The van der Waals surface area contributed by atoms with Crippen molar-refractivity contribution in [3.05, 3.63) is 65.2 Å². The first-order valence-electron chi connectivity index (χ1n) is 7.64. The lowest BCUT2D eigenvalue weighted by molar-refractivity contribution is -0.137. The van der Waals surface area contributed by atoms with E-state index in [2.05, 4.69) is 0 Å². The Morgan fingerprint density at radius 2 is 1.96 bits per heavy atom. The first kappa shape index (κ1) is 17.7. The summed E-state index contributed by atoms with van der Waals surface area (Å²) in [5, 5.41) is -0.430. The van der Waals surface area contributed by atoms with Crippen molar-refractivity contribution in [3.63, 3.8) is 0 Å². The third kappa shape index (κ3) is 3.76. The van der Waals surface area contributed by atoms with Crippen LogP contribution in [0.3, 0.4) is 0 Å². The molecule has 0 bridgehead atoms. The molecule has 1 atom stereocenters. The summed E-state index contributed by atoms with van der Waals surface area (Å²) in [6.45, 7) is 0.488. The molecule has 1 aliphatic heterocycles. The molecule has 25 heavy (non-hydrogen) atoms. The summed E-state index contributed by atoms with van der Waals surface area (Å²) < 4.78 is 44.0. The van der Waals surface area contributed by atoms with Gasteiger partial charge in [0.15, 0.2) is 0 Å². The van der Waals surface area contributed by atoms with Crippen molar-refractivity contribution in [1.82, 2.24) is 4.90 Å². The van der Waals surface area contributed by atoms with Gasteiger partial charge in [0.1, 0.15) is 11.1 Å². The van der Waals surface area contributed by atoms with Crippen molar-refractivity contribution in [1.29, 1.82) is 0 Å². The van der Waals surface area contributed by atoms with Gasteiger partial charge in [-0.2, -0.15) is 13.2 Å². The van der Waals surface area contributed by atoms with Crippen LogP contribution in [0.15, 0.2) is 48.5 Å². The zero-order valence-electron chi connectivity index (χ0n) is 13.4. The van der Waals surface area contributed by atoms with Crippen LogP contribution in [0.25, 0.3) is 0 Å². The lowest BCUT2D eigenvalue weighted by atomic mass is 10.1. The quantitative estimate of drug-likeness (QED) is 0.794. The van der Waals surface area contributed by atoms with E-state index in [0.29, 0.717) is 29.2 Å². The van der Waals surface area contributed by atoms with Crippen LogP contribution in [0.2, 0.25) is 0 Å². The summed E-state index contributed by atoms with van der Waals surface area (Å²) in [5.74, 6) is 1.02. The second-order valence-corrected chi connectivity index (χ2v) is 6.76. The van der Waals surface area contributed by atoms with Crippen LogP contribution >= 0.6 is 11.8 Å². The van der Waals surface area contributed by atoms with Crippen molar-refractivity contribution in [2.75, 3.05) is 19.4 Å². The Hall–Kier alpha value is -2.15. The van der Waals surface area contributed by atoms with E-state index in [1.54, 1.807) is 35.2 Å². The van der Waals surface area contributed by atoms with Crippen molar-refractivity contribution in [2.24, 2.45) is 0 Å². The number of nitrogens with zero attached hydrogens (tertiary/aromatic N) is 1. The number of hydrogen-bond donors (Lipinski definition) is 0. The van der Waals surface area contributed by atoms with Crippen LogP contribution in [0.4, 0.5) is 13.2 Å². The number of carbonyl (C=O) groups is 1. The van der Waals surface area contributed by atoms with Gasteiger partial charge in [-0.15, -0.1) is 11.8 Å². The van der Waals surface area contributed by atoms with Gasteiger partial charge in [0.2, 0.25) is 0 Å². The average molecular weight is 367 g/mol. The first-order valence-corrected chi connectivity index (χ1v) is 8.69. The maximum absolute atomic E-state index is 13.0. The summed E-state index contributed by atoms with van der Waals surface area (Å²) in [6, 6.07) is 11.9. The number of benzene rings is 2. The second-order valence-electron chi connectivity index (χ2n) is 5.58. The molecular formula is C18H16F3NO2S. The highest BCUT2D eigenvalue weighted by Crippen LogP contribution is 2.40. The number of amides is 1. The highest BCUT2D eigenvalue weighted by Gasteiger charge is 2.34. The van der Waals surface area contributed by atoms with Crippen LogP contribution in [0, 0.1) is 0 Å². The molecule has 0 spiro atoms. The maximum atomic E-state index is 13.0. The number of rotatable bonds is 3. The van der Waals surface area contributed by atoms with Crippen LogP contribution < -0.4 is 4.74 Å². The topological polar surface area (TPSA) is 29.5 Å². The summed E-state index contributed by atoms with van der Waals surface area (Å²) in [4.78, 5) is 14.4. The lowest BCUT2D eigenvalue weighted by Crippen LogP contribution is -2.30. The Bertz CT molecular complexity index is 779. The van der Waals surface area contributed by atoms with Crippen molar-refractivity contribution in [3.8, 4) is 5.75 Å². The molecule has 0 aromatic heterocycles. The van der Waals surface area contributed by atoms with E-state index in [1.807, 2.05) is 0 Å². The van der Waals surface area contributed by atoms with Gasteiger partial charge < -0.3 is 9.64 Å². The van der Waals surface area contributed by atoms with Gasteiger partial charge in [0, 0.05) is 17.9 Å². The zero-order chi connectivity index (χ0) is 18.0. The van der Waals surface area contributed by atoms with Crippen molar-refractivity contribution < 1.29 is 22.7 Å². The molecule has 1 aliphatic rings. The summed E-state index contributed by atoms with van der Waals surface area (Å²) in [5.41, 5.74) is 0.235. The fourth-order valence-corrected chi connectivity index (χ4v) is 3.99. The molecule has 1 fully saturated rings. The van der Waals surface area contributed by atoms with E-state index in [9.17, 15) is 18.0 Å². The van der Waals surface area contributed by atoms with E-state index in [1.165, 1.54) is 24.9 Å². The molecule has 0 saturated carbocycles. The predicted molar refractivity (Wildman–Crippen MR) is 90.7 cm³/mol. The Balaban J connectivity index is 1.89. The minimum Gasteiger partial charge on any atom is -0.497 e. The van der Waals surface area contributed by atoms with E-state index >= 15 is 0 Å². The van der Waals surface area contributed by atoms with Gasteiger partial charge in [0.25, 0.3) is 5.91 Å². The van der Waals surface area contributed by atoms with Crippen molar-refractivity contribution >= 4 is 17.7 Å². The van der Waals surface area contributed by atoms with Crippen molar-refractivity contribution in [2.45, 2.75) is 11.6 Å². The van der Waals surface area contributed by atoms with Crippen LogP contribution in [0.5, 0.6) is 5.75 Å². The maximum Gasteiger partial charge on any atom is 0.416 e. The number of halogens is 3. The highest BCUT2D eigenvalue weighted by atomic mass is 32.2. The molecule has 3 nitrogen and oxygen atoms in total. The molecule has 3 rings (SSSR count). The van der Waals surface area contributed by atoms with E-state index < -0.39 is 17.1 Å². The number of alkyl halides is 3. The summed E-state index contributed by atoms with van der Waals surface area (Å²) in [7, 11) is 1.51. The SMILES string of the molecule is COc1cccc(C(=O)N2CCS[C@@H]2c2cccc(C(F)(F)F)c2)c1. The lowest BCUT2D eigenvalue weighted by Gasteiger charge is -2.25. The molecule has 1 heterocycles. The third-order valence-corrected chi connectivity index (χ3v) is 5.23. The van der Waals surface area contributed by atoms with E-state index in [0.717, 1.165) is 12.1 Å². The normalized spacial score (nSPS) is 17.6. The molecule has 0 N–H and O–H groups in total.